The number of esters is 1. The molecule has 202 valence electrons. The molecular formula is C30H32N4O5. The Morgan fingerprint density at radius 2 is 2.08 bits per heavy atom. The van der Waals surface area contributed by atoms with Crippen LogP contribution in [0.25, 0.3) is 22.8 Å². The lowest BCUT2D eigenvalue weighted by Gasteiger charge is -2.25. The second-order valence-electron chi connectivity index (χ2n) is 10.2. The zero-order chi connectivity index (χ0) is 27.5. The summed E-state index contributed by atoms with van der Waals surface area (Å²) < 4.78 is 16.3. The maximum absolute atomic E-state index is 12.8. The molecule has 2 aliphatic rings. The fraction of sp³-hybridized carbons (Fsp3) is 0.433. The Bertz CT molecular complexity index is 1420. The van der Waals surface area contributed by atoms with E-state index < -0.39 is 0 Å². The summed E-state index contributed by atoms with van der Waals surface area (Å²) in [7, 11) is 0. The molecule has 1 aliphatic carbocycles. The summed E-state index contributed by atoms with van der Waals surface area (Å²) in [5.41, 5.74) is 4.21. The minimum Gasteiger partial charge on any atom is -0.490 e. The maximum atomic E-state index is 12.8. The fourth-order valence-electron chi connectivity index (χ4n) is 5.66. The molecule has 2 atom stereocenters. The largest absolute Gasteiger partial charge is 0.490 e. The average Bonchev–Trinajstić information content (AvgIpc) is 3.61. The number of carbonyl (C=O) groups is 2. The van der Waals surface area contributed by atoms with Gasteiger partial charge in [-0.2, -0.15) is 10.2 Å². The van der Waals surface area contributed by atoms with Gasteiger partial charge in [0, 0.05) is 30.5 Å². The molecule has 1 fully saturated rings. The van der Waals surface area contributed by atoms with Crippen LogP contribution in [0.4, 0.5) is 0 Å². The number of likely N-dealkylation sites (tertiary alicyclic amines) is 1. The molecule has 0 N–H and O–H groups in total. The summed E-state index contributed by atoms with van der Waals surface area (Å²) in [5, 5.41) is 13.8. The highest BCUT2D eigenvalue weighted by Gasteiger charge is 2.46. The van der Waals surface area contributed by atoms with Crippen molar-refractivity contribution in [1.29, 1.82) is 5.26 Å². The highest BCUT2D eigenvalue weighted by molar-refractivity contribution is 5.81. The minimum absolute atomic E-state index is 0.0214. The van der Waals surface area contributed by atoms with Crippen LogP contribution in [-0.2, 0) is 20.7 Å². The number of nitriles is 1. The van der Waals surface area contributed by atoms with Crippen molar-refractivity contribution >= 4 is 11.9 Å². The second kappa shape index (κ2) is 11.3. The molecule has 0 radical (unpaired) electrons. The van der Waals surface area contributed by atoms with E-state index in [2.05, 4.69) is 22.3 Å². The van der Waals surface area contributed by atoms with E-state index in [0.717, 1.165) is 29.5 Å². The molecule has 5 rings (SSSR count). The van der Waals surface area contributed by atoms with Gasteiger partial charge in [0.05, 0.1) is 24.3 Å². The summed E-state index contributed by atoms with van der Waals surface area (Å²) in [4.78, 5) is 31.1. The van der Waals surface area contributed by atoms with Crippen molar-refractivity contribution in [3.05, 3.63) is 53.1 Å². The number of fused-ring (bicyclic) bond motifs is 3. The molecule has 2 aromatic carbocycles. The highest BCUT2D eigenvalue weighted by Crippen LogP contribution is 2.49. The number of rotatable bonds is 10. The van der Waals surface area contributed by atoms with E-state index in [0.29, 0.717) is 61.0 Å². The van der Waals surface area contributed by atoms with E-state index >= 15 is 0 Å². The zero-order valence-corrected chi connectivity index (χ0v) is 22.5. The van der Waals surface area contributed by atoms with Gasteiger partial charge in [-0.3, -0.25) is 9.59 Å². The Morgan fingerprint density at radius 3 is 2.85 bits per heavy atom. The third kappa shape index (κ3) is 5.37. The van der Waals surface area contributed by atoms with Crippen molar-refractivity contribution in [3.8, 4) is 34.7 Å². The average molecular weight is 529 g/mol. The lowest BCUT2D eigenvalue weighted by molar-refractivity contribution is -0.143. The molecule has 3 aromatic rings. The number of hydrogen-bond donors (Lipinski definition) is 0. The summed E-state index contributed by atoms with van der Waals surface area (Å²) in [6.07, 6.45) is 3.04. The number of ether oxygens (including phenoxy) is 2. The lowest BCUT2D eigenvalue weighted by Crippen LogP contribution is -2.29. The summed E-state index contributed by atoms with van der Waals surface area (Å²) in [6, 6.07) is 13.5. The predicted octanol–water partition coefficient (Wildman–Crippen LogP) is 5.24. The Kier molecular flexibility index (Phi) is 7.64. The second-order valence-corrected chi connectivity index (χ2v) is 10.2. The molecule has 1 saturated heterocycles. The first kappa shape index (κ1) is 26.4. The van der Waals surface area contributed by atoms with Crippen LogP contribution in [0.1, 0.15) is 69.2 Å². The third-order valence-corrected chi connectivity index (χ3v) is 7.25. The van der Waals surface area contributed by atoms with E-state index in [1.807, 2.05) is 30.9 Å². The first-order valence-corrected chi connectivity index (χ1v) is 13.5. The lowest BCUT2D eigenvalue weighted by atomic mass is 10.0. The minimum atomic E-state index is -0.192. The molecule has 2 heterocycles. The van der Waals surface area contributed by atoms with E-state index in [-0.39, 0.29) is 29.9 Å². The molecule has 0 spiro atoms. The van der Waals surface area contributed by atoms with Gasteiger partial charge in [0.2, 0.25) is 11.7 Å². The first-order chi connectivity index (χ1) is 18.9. The van der Waals surface area contributed by atoms with Gasteiger partial charge in [0.15, 0.2) is 0 Å². The van der Waals surface area contributed by atoms with E-state index in [1.54, 1.807) is 25.1 Å². The van der Waals surface area contributed by atoms with Crippen LogP contribution >= 0.6 is 0 Å². The van der Waals surface area contributed by atoms with Gasteiger partial charge >= 0.3 is 5.97 Å². The molecule has 9 heteroatoms. The van der Waals surface area contributed by atoms with Crippen LogP contribution in [0.5, 0.6) is 5.75 Å². The van der Waals surface area contributed by atoms with Crippen LogP contribution in [0, 0.1) is 17.2 Å². The van der Waals surface area contributed by atoms with Crippen molar-refractivity contribution in [2.24, 2.45) is 5.92 Å². The monoisotopic (exact) mass is 528 g/mol. The third-order valence-electron chi connectivity index (χ3n) is 7.25. The quantitative estimate of drug-likeness (QED) is 0.259. The Morgan fingerprint density at radius 1 is 1.23 bits per heavy atom. The molecule has 1 amide bonds. The van der Waals surface area contributed by atoms with Crippen molar-refractivity contribution in [2.45, 2.75) is 65.0 Å². The number of amides is 1. The van der Waals surface area contributed by atoms with Gasteiger partial charge in [-0.15, -0.1) is 0 Å². The summed E-state index contributed by atoms with van der Waals surface area (Å²) >= 11 is 0. The molecule has 2 unspecified atom stereocenters. The van der Waals surface area contributed by atoms with E-state index in [1.165, 1.54) is 0 Å². The number of unbranched alkanes of at least 4 members (excludes halogenated alkanes) is 1. The molecule has 39 heavy (non-hydrogen) atoms. The van der Waals surface area contributed by atoms with Gasteiger partial charge in [-0.05, 0) is 75.3 Å². The first-order valence-electron chi connectivity index (χ1n) is 13.5. The van der Waals surface area contributed by atoms with Crippen molar-refractivity contribution in [3.63, 3.8) is 0 Å². The number of benzene rings is 2. The van der Waals surface area contributed by atoms with Gasteiger partial charge in [0.25, 0.3) is 5.89 Å². The van der Waals surface area contributed by atoms with Crippen molar-refractivity contribution in [2.75, 3.05) is 13.2 Å². The Balaban J connectivity index is 1.35. The predicted molar refractivity (Wildman–Crippen MR) is 142 cm³/mol. The van der Waals surface area contributed by atoms with E-state index in [9.17, 15) is 14.9 Å². The van der Waals surface area contributed by atoms with Crippen molar-refractivity contribution < 1.29 is 23.6 Å². The van der Waals surface area contributed by atoms with Crippen LogP contribution in [0.2, 0.25) is 0 Å². The molecule has 0 saturated carbocycles. The van der Waals surface area contributed by atoms with Gasteiger partial charge in [-0.25, -0.2) is 0 Å². The number of carbonyl (C=O) groups excluding carboxylic acids is 2. The SMILES string of the molecule is CCOC(=O)CCCCN1C(=O)CC2Cc3c(-c4noc(-c5ccc(OC(C)C)c(C#N)c5)n4)cccc3C21. The van der Waals surface area contributed by atoms with Gasteiger partial charge in [0.1, 0.15) is 11.8 Å². The highest BCUT2D eigenvalue weighted by atomic mass is 16.5. The van der Waals surface area contributed by atoms with Crippen LogP contribution in [0.15, 0.2) is 40.9 Å². The molecule has 9 nitrogen and oxygen atoms in total. The smallest absolute Gasteiger partial charge is 0.305 e. The van der Waals surface area contributed by atoms with E-state index in [4.69, 9.17) is 14.0 Å². The Hall–Kier alpha value is -4.19. The standard InChI is InChI=1S/C30H32N4O5/c1-4-37-27(36)10-5-6-13-34-26(35)16-20-15-24-22(28(20)34)8-7-9-23(24)29-32-30(39-33-29)19-11-12-25(38-18(2)3)21(14-19)17-31/h7-9,11-12,14,18,20,28H,4-6,10,13,15-16H2,1-3H3. The van der Waals surface area contributed by atoms with Crippen LogP contribution < -0.4 is 4.74 Å². The molecule has 1 aliphatic heterocycles. The number of aromatic nitrogens is 2. The molecular weight excluding hydrogens is 496 g/mol. The van der Waals surface area contributed by atoms with Crippen LogP contribution in [-0.4, -0.2) is 46.2 Å². The molecule has 1 aromatic heterocycles. The van der Waals surface area contributed by atoms with Gasteiger partial charge < -0.3 is 18.9 Å². The van der Waals surface area contributed by atoms with Crippen LogP contribution in [0.3, 0.4) is 0 Å². The topological polar surface area (TPSA) is 119 Å². The van der Waals surface area contributed by atoms with Gasteiger partial charge in [-0.1, -0.05) is 23.4 Å². The summed E-state index contributed by atoms with van der Waals surface area (Å²) in [6.45, 7) is 6.62. The number of hydrogen-bond acceptors (Lipinski definition) is 8. The van der Waals surface area contributed by atoms with Crippen molar-refractivity contribution in [1.82, 2.24) is 15.0 Å². The molecule has 0 bridgehead atoms. The summed E-state index contributed by atoms with van der Waals surface area (Å²) in [5.74, 6) is 1.50. The maximum Gasteiger partial charge on any atom is 0.305 e. The fourth-order valence-corrected chi connectivity index (χ4v) is 5.66. The zero-order valence-electron chi connectivity index (χ0n) is 22.5. The normalized spacial score (nSPS) is 17.7. The Labute approximate surface area is 227 Å². The number of nitrogens with zero attached hydrogens (tertiary/aromatic N) is 4.